The van der Waals surface area contributed by atoms with Gasteiger partial charge in [-0.1, -0.05) is 6.07 Å². The van der Waals surface area contributed by atoms with Gasteiger partial charge in [-0.25, -0.2) is 13.2 Å². The number of fused-ring (bicyclic) bond motifs is 1. The molecule has 2 aromatic rings. The molecule has 0 saturated heterocycles. The highest BCUT2D eigenvalue weighted by Crippen LogP contribution is 2.36. The fourth-order valence-electron chi connectivity index (χ4n) is 2.69. The van der Waals surface area contributed by atoms with E-state index in [2.05, 4.69) is 4.98 Å². The number of carboxylic acid groups (broad SMARTS) is 1. The van der Waals surface area contributed by atoms with Crippen molar-refractivity contribution in [1.29, 1.82) is 0 Å². The summed E-state index contributed by atoms with van der Waals surface area (Å²) in [6.45, 7) is 2.34. The summed E-state index contributed by atoms with van der Waals surface area (Å²) in [7, 11) is -3.89. The zero-order valence-corrected chi connectivity index (χ0v) is 13.8. The van der Waals surface area contributed by atoms with Crippen molar-refractivity contribution in [2.24, 2.45) is 0 Å². The van der Waals surface area contributed by atoms with E-state index in [1.165, 1.54) is 34.9 Å². The van der Waals surface area contributed by atoms with Crippen LogP contribution in [0.25, 0.3) is 0 Å². The van der Waals surface area contributed by atoms with E-state index in [-0.39, 0.29) is 22.8 Å². The Morgan fingerprint density at radius 3 is 2.88 bits per heavy atom. The smallest absolute Gasteiger partial charge is 0.335 e. The molecule has 3 rings (SSSR count). The number of aromatic carboxylic acids is 1. The van der Waals surface area contributed by atoms with Crippen LogP contribution in [0.4, 0.5) is 5.69 Å². The van der Waals surface area contributed by atoms with Crippen LogP contribution >= 0.6 is 0 Å². The molecule has 0 saturated carbocycles. The van der Waals surface area contributed by atoms with E-state index in [1.807, 2.05) is 0 Å². The lowest BCUT2D eigenvalue weighted by molar-refractivity contribution is 0.0697. The Morgan fingerprint density at radius 2 is 2.17 bits per heavy atom. The number of nitrogens with zero attached hydrogens (tertiary/aromatic N) is 2. The SMILES string of the molecule is CCOc1ccncc1S(=O)(=O)N1CCc2ccc(C(=O)O)cc21. The number of carbonyl (C=O) groups is 1. The van der Waals surface area contributed by atoms with Crippen LogP contribution in [0.3, 0.4) is 0 Å². The summed E-state index contributed by atoms with van der Waals surface area (Å²) in [5.41, 5.74) is 1.23. The number of hydrogen-bond acceptors (Lipinski definition) is 5. The monoisotopic (exact) mass is 348 g/mol. The average molecular weight is 348 g/mol. The molecule has 8 heteroatoms. The second-order valence-electron chi connectivity index (χ2n) is 5.23. The van der Waals surface area contributed by atoms with Crippen molar-refractivity contribution in [3.05, 3.63) is 47.8 Å². The van der Waals surface area contributed by atoms with Gasteiger partial charge in [0, 0.05) is 12.7 Å². The van der Waals surface area contributed by atoms with E-state index < -0.39 is 16.0 Å². The molecular formula is C16H16N2O5S. The Kier molecular flexibility index (Phi) is 4.15. The van der Waals surface area contributed by atoms with Crippen molar-refractivity contribution >= 4 is 21.7 Å². The molecule has 0 amide bonds. The fourth-order valence-corrected chi connectivity index (χ4v) is 4.26. The van der Waals surface area contributed by atoms with E-state index in [1.54, 1.807) is 13.0 Å². The van der Waals surface area contributed by atoms with Crippen molar-refractivity contribution in [3.8, 4) is 5.75 Å². The minimum Gasteiger partial charge on any atom is -0.492 e. The minimum absolute atomic E-state index is 0.0274. The van der Waals surface area contributed by atoms with E-state index in [4.69, 9.17) is 9.84 Å². The standard InChI is InChI=1S/C16H16N2O5S/c1-2-23-14-5-7-17-10-15(14)24(21,22)18-8-6-11-3-4-12(16(19)20)9-13(11)18/h3-5,7,9-10H,2,6,8H2,1H3,(H,19,20). The Bertz CT molecular complexity index is 895. The second kappa shape index (κ2) is 6.12. The lowest BCUT2D eigenvalue weighted by atomic mass is 10.1. The van der Waals surface area contributed by atoms with Crippen LogP contribution in [-0.2, 0) is 16.4 Å². The molecule has 1 aromatic carbocycles. The first-order chi connectivity index (χ1) is 11.4. The molecule has 1 aliphatic heterocycles. The number of sulfonamides is 1. The van der Waals surface area contributed by atoms with Crippen LogP contribution < -0.4 is 9.04 Å². The maximum atomic E-state index is 13.0. The lowest BCUT2D eigenvalue weighted by Gasteiger charge is -2.21. The lowest BCUT2D eigenvalue weighted by Crippen LogP contribution is -2.29. The zero-order chi connectivity index (χ0) is 17.3. The Labute approximate surface area is 139 Å². The molecule has 0 spiro atoms. The van der Waals surface area contributed by atoms with Crippen molar-refractivity contribution < 1.29 is 23.1 Å². The van der Waals surface area contributed by atoms with Gasteiger partial charge in [-0.2, -0.15) is 0 Å². The molecule has 7 nitrogen and oxygen atoms in total. The Morgan fingerprint density at radius 1 is 1.38 bits per heavy atom. The van der Waals surface area contributed by atoms with Crippen LogP contribution in [0.2, 0.25) is 0 Å². The highest BCUT2D eigenvalue weighted by atomic mass is 32.2. The number of anilines is 1. The van der Waals surface area contributed by atoms with Crippen LogP contribution in [0, 0.1) is 0 Å². The number of rotatable bonds is 5. The van der Waals surface area contributed by atoms with Crippen LogP contribution in [0.1, 0.15) is 22.8 Å². The predicted molar refractivity (Wildman–Crippen MR) is 87.0 cm³/mol. The summed E-state index contributed by atoms with van der Waals surface area (Å²) in [6.07, 6.45) is 3.24. The molecule has 0 atom stereocenters. The number of pyridine rings is 1. The van der Waals surface area contributed by atoms with Crippen LogP contribution in [-0.4, -0.2) is 37.6 Å². The van der Waals surface area contributed by atoms with E-state index in [9.17, 15) is 13.2 Å². The van der Waals surface area contributed by atoms with Gasteiger partial charge in [0.15, 0.2) is 0 Å². The first-order valence-electron chi connectivity index (χ1n) is 7.41. The molecule has 0 fully saturated rings. The van der Waals surface area contributed by atoms with E-state index in [0.717, 1.165) is 5.56 Å². The minimum atomic E-state index is -3.89. The molecule has 0 bridgehead atoms. The van der Waals surface area contributed by atoms with Crippen molar-refractivity contribution in [2.75, 3.05) is 17.5 Å². The molecule has 0 aliphatic carbocycles. The number of ether oxygens (including phenoxy) is 1. The van der Waals surface area contributed by atoms with Crippen molar-refractivity contribution in [2.45, 2.75) is 18.2 Å². The average Bonchev–Trinajstić information content (AvgIpc) is 2.99. The predicted octanol–water partition coefficient (Wildman–Crippen LogP) is 1.93. The molecule has 2 heterocycles. The van der Waals surface area contributed by atoms with Gasteiger partial charge in [0.2, 0.25) is 0 Å². The highest BCUT2D eigenvalue weighted by molar-refractivity contribution is 7.93. The fraction of sp³-hybridized carbons (Fsp3) is 0.250. The Hall–Kier alpha value is -2.61. The number of benzene rings is 1. The molecule has 1 N–H and O–H groups in total. The van der Waals surface area contributed by atoms with Gasteiger partial charge in [0.05, 0.1) is 24.1 Å². The molecule has 0 radical (unpaired) electrons. The molecular weight excluding hydrogens is 332 g/mol. The first kappa shape index (κ1) is 16.3. The third kappa shape index (κ3) is 2.69. The molecule has 1 aromatic heterocycles. The second-order valence-corrected chi connectivity index (χ2v) is 7.06. The van der Waals surface area contributed by atoms with Crippen LogP contribution in [0.5, 0.6) is 5.75 Å². The summed E-state index contributed by atoms with van der Waals surface area (Å²) < 4.78 is 32.7. The highest BCUT2D eigenvalue weighted by Gasteiger charge is 2.33. The van der Waals surface area contributed by atoms with Gasteiger partial charge in [0.1, 0.15) is 10.6 Å². The molecule has 1 aliphatic rings. The quantitative estimate of drug-likeness (QED) is 0.887. The summed E-state index contributed by atoms with van der Waals surface area (Å²) >= 11 is 0. The molecule has 126 valence electrons. The molecule has 0 unspecified atom stereocenters. The van der Waals surface area contributed by atoms with E-state index >= 15 is 0 Å². The van der Waals surface area contributed by atoms with Gasteiger partial charge in [0.25, 0.3) is 10.0 Å². The Balaban J connectivity index is 2.08. The first-order valence-corrected chi connectivity index (χ1v) is 8.85. The maximum absolute atomic E-state index is 13.0. The van der Waals surface area contributed by atoms with Gasteiger partial charge < -0.3 is 9.84 Å². The maximum Gasteiger partial charge on any atom is 0.335 e. The summed E-state index contributed by atoms with van der Waals surface area (Å²) in [5.74, 6) is -0.867. The van der Waals surface area contributed by atoms with Gasteiger partial charge >= 0.3 is 5.97 Å². The summed E-state index contributed by atoms with van der Waals surface area (Å²) in [6, 6.07) is 6.02. The third-order valence-corrected chi connectivity index (χ3v) is 5.62. The van der Waals surface area contributed by atoms with Crippen molar-refractivity contribution in [3.63, 3.8) is 0 Å². The largest absolute Gasteiger partial charge is 0.492 e. The summed E-state index contributed by atoms with van der Waals surface area (Å²) in [4.78, 5) is 15.0. The van der Waals surface area contributed by atoms with Crippen LogP contribution in [0.15, 0.2) is 41.6 Å². The number of aromatic nitrogens is 1. The van der Waals surface area contributed by atoms with Gasteiger partial charge in [-0.3, -0.25) is 9.29 Å². The molecule has 24 heavy (non-hydrogen) atoms. The van der Waals surface area contributed by atoms with E-state index in [0.29, 0.717) is 18.7 Å². The number of hydrogen-bond donors (Lipinski definition) is 1. The number of carboxylic acids is 1. The summed E-state index contributed by atoms with van der Waals surface area (Å²) in [5, 5.41) is 9.14. The topological polar surface area (TPSA) is 96.8 Å². The normalized spacial score (nSPS) is 13.6. The zero-order valence-electron chi connectivity index (χ0n) is 13.0. The van der Waals surface area contributed by atoms with Gasteiger partial charge in [-0.15, -0.1) is 0 Å². The van der Waals surface area contributed by atoms with Crippen molar-refractivity contribution in [1.82, 2.24) is 4.98 Å². The van der Waals surface area contributed by atoms with Gasteiger partial charge in [-0.05, 0) is 37.1 Å². The third-order valence-electron chi connectivity index (χ3n) is 3.80.